The van der Waals surface area contributed by atoms with Crippen molar-refractivity contribution >= 4 is 26.9 Å². The number of fused-ring (bicyclic) bond motifs is 1. The molecular weight excluding hydrogens is 398 g/mol. The van der Waals surface area contributed by atoms with E-state index in [-0.39, 0.29) is 21.8 Å². The molecule has 10 heteroatoms. The van der Waals surface area contributed by atoms with Gasteiger partial charge in [-0.1, -0.05) is 22.7 Å². The lowest BCUT2D eigenvalue weighted by Crippen LogP contribution is -2.26. The summed E-state index contributed by atoms with van der Waals surface area (Å²) in [4.78, 5) is 36.2. The molecule has 2 aromatic carbocycles. The average Bonchev–Trinajstić information content (AvgIpc) is 2.73. The number of carbonyl (C=O) groups is 1. The van der Waals surface area contributed by atoms with E-state index in [1.807, 2.05) is 0 Å². The molecule has 0 saturated carbocycles. The van der Waals surface area contributed by atoms with Crippen molar-refractivity contribution in [3.63, 3.8) is 0 Å². The molecule has 0 bridgehead atoms. The van der Waals surface area contributed by atoms with E-state index >= 15 is 0 Å². The van der Waals surface area contributed by atoms with Crippen molar-refractivity contribution in [2.45, 2.75) is 17.9 Å². The number of aromatic nitrogens is 2. The first kappa shape index (κ1) is 20.6. The number of sulfonamides is 1. The van der Waals surface area contributed by atoms with E-state index in [1.165, 1.54) is 38.4 Å². The van der Waals surface area contributed by atoms with Gasteiger partial charge in [-0.3, -0.25) is 9.63 Å². The van der Waals surface area contributed by atoms with Gasteiger partial charge in [0.15, 0.2) is 11.9 Å². The van der Waals surface area contributed by atoms with Gasteiger partial charge in [0.1, 0.15) is 0 Å². The first-order valence-electron chi connectivity index (χ1n) is 8.57. The predicted molar refractivity (Wildman–Crippen MR) is 105 cm³/mol. The number of esters is 1. The second kappa shape index (κ2) is 8.11. The zero-order chi connectivity index (χ0) is 21.2. The largest absolute Gasteiger partial charge is 0.451 e. The summed E-state index contributed by atoms with van der Waals surface area (Å²) in [6.07, 6.45) is -0.860. The number of ether oxygens (including phenoxy) is 1. The number of hydrogen-bond donors (Lipinski definition) is 1. The van der Waals surface area contributed by atoms with Gasteiger partial charge in [-0.25, -0.2) is 18.2 Å². The zero-order valence-corrected chi connectivity index (χ0v) is 16.8. The maximum atomic E-state index is 12.5. The van der Waals surface area contributed by atoms with Gasteiger partial charge in [-0.05, 0) is 37.3 Å². The Bertz CT molecular complexity index is 1220. The quantitative estimate of drug-likeness (QED) is 0.481. The highest BCUT2D eigenvalue weighted by atomic mass is 32.2. The number of benzene rings is 2. The summed E-state index contributed by atoms with van der Waals surface area (Å²) >= 11 is 0. The van der Waals surface area contributed by atoms with Crippen LogP contribution in [0.2, 0.25) is 0 Å². The number of aromatic amines is 1. The van der Waals surface area contributed by atoms with Crippen molar-refractivity contribution in [1.82, 2.24) is 14.4 Å². The maximum absolute atomic E-state index is 12.5. The fraction of sp³-hybridized carbons (Fsp3) is 0.211. The smallest absolute Gasteiger partial charge is 0.338 e. The van der Waals surface area contributed by atoms with Crippen molar-refractivity contribution in [2.24, 2.45) is 0 Å². The number of nitrogens with one attached hydrogen (secondary N) is 1. The molecule has 3 rings (SSSR count). The molecule has 0 spiro atoms. The van der Waals surface area contributed by atoms with Crippen LogP contribution in [0.4, 0.5) is 0 Å². The summed E-state index contributed by atoms with van der Waals surface area (Å²) in [6.45, 7) is 1.56. The molecule has 0 radical (unpaired) electrons. The normalized spacial score (nSPS) is 12.8. The minimum absolute atomic E-state index is 0.0329. The molecule has 1 heterocycles. The van der Waals surface area contributed by atoms with Crippen molar-refractivity contribution in [1.29, 1.82) is 0 Å². The van der Waals surface area contributed by atoms with Crippen LogP contribution in [0.1, 0.15) is 29.2 Å². The van der Waals surface area contributed by atoms with Crippen molar-refractivity contribution in [3.8, 4) is 0 Å². The molecular formula is C19H19N3O6S. The third-order valence-corrected chi connectivity index (χ3v) is 5.94. The molecule has 0 fully saturated rings. The highest BCUT2D eigenvalue weighted by molar-refractivity contribution is 7.89. The van der Waals surface area contributed by atoms with Gasteiger partial charge < -0.3 is 9.72 Å². The third kappa shape index (κ3) is 4.19. The summed E-state index contributed by atoms with van der Waals surface area (Å²) in [6, 6.07) is 12.2. The van der Waals surface area contributed by atoms with E-state index in [1.54, 1.807) is 31.2 Å². The van der Waals surface area contributed by atoms with Crippen molar-refractivity contribution < 1.29 is 22.8 Å². The lowest BCUT2D eigenvalue weighted by molar-refractivity contribution is -0.0258. The standard InChI is InChI=1S/C19H19N3O6S/c1-12(17-20-16-10-5-4-9-15(16)18(23)21-17)28-19(24)13-7-6-8-14(11-13)29(25,26)22(2)27-3/h4-12H,1-3H3,(H,20,21,23)/t12-/m0/s1. The first-order chi connectivity index (χ1) is 13.7. The molecule has 3 aromatic rings. The van der Waals surface area contributed by atoms with Gasteiger partial charge in [0, 0.05) is 7.05 Å². The molecule has 0 aliphatic rings. The Kier molecular flexibility index (Phi) is 5.78. The van der Waals surface area contributed by atoms with Crippen LogP contribution in [-0.4, -0.2) is 43.0 Å². The lowest BCUT2D eigenvalue weighted by Gasteiger charge is -2.15. The Balaban J connectivity index is 1.85. The molecule has 9 nitrogen and oxygen atoms in total. The van der Waals surface area contributed by atoms with Crippen LogP contribution in [0.3, 0.4) is 0 Å². The first-order valence-corrected chi connectivity index (χ1v) is 10.0. The minimum atomic E-state index is -3.91. The number of para-hydroxylation sites is 1. The maximum Gasteiger partial charge on any atom is 0.338 e. The van der Waals surface area contributed by atoms with E-state index < -0.39 is 22.1 Å². The Hall–Kier alpha value is -3.08. The van der Waals surface area contributed by atoms with Crippen molar-refractivity contribution in [2.75, 3.05) is 14.2 Å². The average molecular weight is 417 g/mol. The molecule has 1 atom stereocenters. The summed E-state index contributed by atoms with van der Waals surface area (Å²) in [5.41, 5.74) is 0.166. The monoisotopic (exact) mass is 417 g/mol. The predicted octanol–water partition coefficient (Wildman–Crippen LogP) is 2.02. The van der Waals surface area contributed by atoms with E-state index in [0.717, 1.165) is 0 Å². The third-order valence-electron chi connectivity index (χ3n) is 4.26. The Morgan fingerprint density at radius 1 is 1.17 bits per heavy atom. The topological polar surface area (TPSA) is 119 Å². The number of hydroxylamine groups is 1. The van der Waals surface area contributed by atoms with Crippen LogP contribution in [0.25, 0.3) is 10.9 Å². The Morgan fingerprint density at radius 3 is 2.62 bits per heavy atom. The number of hydrogen-bond acceptors (Lipinski definition) is 7. The van der Waals surface area contributed by atoms with Crippen LogP contribution in [0, 0.1) is 0 Å². The number of H-pyrrole nitrogens is 1. The molecule has 0 saturated heterocycles. The molecule has 29 heavy (non-hydrogen) atoms. The second-order valence-corrected chi connectivity index (χ2v) is 8.08. The summed E-state index contributed by atoms with van der Waals surface area (Å²) in [5, 5.41) is 0.426. The van der Waals surface area contributed by atoms with E-state index in [9.17, 15) is 18.0 Å². The van der Waals surface area contributed by atoms with Crippen LogP contribution in [-0.2, 0) is 19.6 Å². The molecule has 0 aliphatic heterocycles. The Labute approximate surface area is 166 Å². The van der Waals surface area contributed by atoms with Crippen molar-refractivity contribution in [3.05, 3.63) is 70.3 Å². The van der Waals surface area contributed by atoms with E-state index in [0.29, 0.717) is 15.4 Å². The zero-order valence-electron chi connectivity index (χ0n) is 15.9. The second-order valence-electron chi connectivity index (χ2n) is 6.14. The van der Waals surface area contributed by atoms with Crippen LogP contribution < -0.4 is 5.56 Å². The molecule has 0 unspecified atom stereocenters. The van der Waals surface area contributed by atoms with Gasteiger partial charge in [0.2, 0.25) is 0 Å². The highest BCUT2D eigenvalue weighted by Crippen LogP contribution is 2.20. The SMILES string of the molecule is CON(C)S(=O)(=O)c1cccc(C(=O)O[C@@H](C)c2nc3ccccc3c(=O)[nH]2)c1. The van der Waals surface area contributed by atoms with Gasteiger partial charge in [-0.2, -0.15) is 0 Å². The molecule has 1 N–H and O–H groups in total. The minimum Gasteiger partial charge on any atom is -0.451 e. The van der Waals surface area contributed by atoms with Gasteiger partial charge in [0.05, 0.1) is 28.5 Å². The van der Waals surface area contributed by atoms with Gasteiger partial charge in [0.25, 0.3) is 15.6 Å². The number of nitrogens with zero attached hydrogens (tertiary/aromatic N) is 2. The fourth-order valence-electron chi connectivity index (χ4n) is 2.61. The molecule has 152 valence electrons. The summed E-state index contributed by atoms with van der Waals surface area (Å²) in [7, 11) is -1.45. The number of carbonyl (C=O) groups excluding carboxylic acids is 1. The van der Waals surface area contributed by atoms with Gasteiger partial charge >= 0.3 is 5.97 Å². The van der Waals surface area contributed by atoms with Crippen LogP contribution in [0.5, 0.6) is 0 Å². The van der Waals surface area contributed by atoms with Gasteiger partial charge in [-0.15, -0.1) is 0 Å². The van der Waals surface area contributed by atoms with E-state index in [4.69, 9.17) is 9.57 Å². The molecule has 1 aromatic heterocycles. The van der Waals surface area contributed by atoms with E-state index in [2.05, 4.69) is 9.97 Å². The lowest BCUT2D eigenvalue weighted by atomic mass is 10.2. The molecule has 0 aliphatic carbocycles. The van der Waals surface area contributed by atoms with Crippen LogP contribution >= 0.6 is 0 Å². The Morgan fingerprint density at radius 2 is 1.90 bits per heavy atom. The van der Waals surface area contributed by atoms with Crippen LogP contribution in [0.15, 0.2) is 58.2 Å². The molecule has 0 amide bonds. The summed E-state index contributed by atoms with van der Waals surface area (Å²) in [5.74, 6) is -0.574. The highest BCUT2D eigenvalue weighted by Gasteiger charge is 2.23. The fourth-order valence-corrected chi connectivity index (χ4v) is 3.63. The summed E-state index contributed by atoms with van der Waals surface area (Å²) < 4.78 is 30.7. The number of rotatable bonds is 6.